The van der Waals surface area contributed by atoms with Crippen LogP contribution in [0, 0.1) is 5.92 Å². The van der Waals surface area contributed by atoms with Crippen LogP contribution in [-0.4, -0.2) is 53.9 Å². The number of aliphatic hydroxyl groups excluding tert-OH is 1. The van der Waals surface area contributed by atoms with Crippen molar-refractivity contribution >= 4 is 19.8 Å². The number of hydrogen-bond donors (Lipinski definition) is 2. The summed E-state index contributed by atoms with van der Waals surface area (Å²) in [7, 11) is -2.15. The van der Waals surface area contributed by atoms with Gasteiger partial charge in [-0.25, -0.2) is 0 Å². The molecule has 44 heavy (non-hydrogen) atoms. The summed E-state index contributed by atoms with van der Waals surface area (Å²) in [6.07, 6.45) is 3.19. The Bertz CT molecular complexity index is 1390. The second kappa shape index (κ2) is 13.9. The highest BCUT2D eigenvalue weighted by Crippen LogP contribution is 2.46. The van der Waals surface area contributed by atoms with Gasteiger partial charge in [-0.2, -0.15) is 0 Å². The standard InChI is InChI=1S/C33H44F3N3O4Si/c1-21(2)44(22(3)4,23(5)6)43-31-16-27(15-26(31)20-40)38-30-10-12-37-17-29(30)32(41)25-11-13-39(19-25)18-24-8-7-9-28(14-24)42-33(34,35)36/h7-14,17,19,21-23,26-27,31,40H,15-16,18,20H2,1-6H3,(H,37,38)/t26-,27-,31+/m1/s1. The Morgan fingerprint density at radius 2 is 1.80 bits per heavy atom. The zero-order chi connectivity index (χ0) is 32.2. The van der Waals surface area contributed by atoms with Gasteiger partial charge in [-0.3, -0.25) is 9.78 Å². The van der Waals surface area contributed by atoms with Crippen molar-refractivity contribution < 1.29 is 32.2 Å². The van der Waals surface area contributed by atoms with E-state index in [1.165, 1.54) is 18.2 Å². The summed E-state index contributed by atoms with van der Waals surface area (Å²) in [4.78, 5) is 17.8. The molecule has 1 saturated carbocycles. The number of alkyl halides is 3. The molecule has 4 rings (SSSR count). The van der Waals surface area contributed by atoms with Crippen molar-refractivity contribution in [2.24, 2.45) is 5.92 Å². The van der Waals surface area contributed by atoms with Gasteiger partial charge in [0.25, 0.3) is 0 Å². The number of nitrogens with zero attached hydrogens (tertiary/aromatic N) is 2. The molecular formula is C33H44F3N3O4Si. The predicted molar refractivity (Wildman–Crippen MR) is 167 cm³/mol. The Morgan fingerprint density at radius 1 is 1.09 bits per heavy atom. The SMILES string of the molecule is CC(C)[Si](O[C@H]1C[C@H](Nc2ccncc2C(=O)c2ccn(Cc3cccc(OC(F)(F)F)c3)c2)C[C@@H]1CO)(C(C)C)C(C)C. The molecule has 0 amide bonds. The number of aliphatic hydroxyl groups is 1. The molecule has 1 aromatic carbocycles. The molecule has 7 nitrogen and oxygen atoms in total. The zero-order valence-corrected chi connectivity index (χ0v) is 27.3. The molecule has 0 spiro atoms. The molecule has 3 atom stereocenters. The first-order valence-corrected chi connectivity index (χ1v) is 17.4. The van der Waals surface area contributed by atoms with E-state index in [1.807, 2.05) is 0 Å². The van der Waals surface area contributed by atoms with Crippen LogP contribution in [0.2, 0.25) is 16.6 Å². The maximum absolute atomic E-state index is 13.6. The summed E-state index contributed by atoms with van der Waals surface area (Å²) in [5.74, 6) is -0.507. The molecule has 2 aromatic heterocycles. The molecule has 3 aromatic rings. The van der Waals surface area contributed by atoms with Crippen LogP contribution in [0.25, 0.3) is 0 Å². The van der Waals surface area contributed by atoms with E-state index in [9.17, 15) is 23.1 Å². The monoisotopic (exact) mass is 631 g/mol. The van der Waals surface area contributed by atoms with E-state index >= 15 is 0 Å². The largest absolute Gasteiger partial charge is 0.573 e. The predicted octanol–water partition coefficient (Wildman–Crippen LogP) is 7.80. The summed E-state index contributed by atoms with van der Waals surface area (Å²) in [6.45, 7) is 13.8. The van der Waals surface area contributed by atoms with E-state index in [0.717, 1.165) is 12.8 Å². The number of nitrogens with one attached hydrogen (secondary N) is 1. The second-order valence-corrected chi connectivity index (χ2v) is 18.2. The van der Waals surface area contributed by atoms with Crippen LogP contribution >= 0.6 is 0 Å². The average Bonchev–Trinajstić information content (AvgIpc) is 3.56. The number of halogens is 3. The van der Waals surface area contributed by atoms with Gasteiger partial charge in [0.05, 0.1) is 11.7 Å². The van der Waals surface area contributed by atoms with Gasteiger partial charge < -0.3 is 24.2 Å². The Balaban J connectivity index is 1.48. The van der Waals surface area contributed by atoms with E-state index in [0.29, 0.717) is 39.0 Å². The maximum atomic E-state index is 13.6. The van der Waals surface area contributed by atoms with Crippen LogP contribution in [0.4, 0.5) is 18.9 Å². The molecule has 0 saturated heterocycles. The first-order chi connectivity index (χ1) is 20.7. The number of hydrogen-bond acceptors (Lipinski definition) is 6. The van der Waals surface area contributed by atoms with Crippen molar-refractivity contribution in [1.82, 2.24) is 9.55 Å². The third kappa shape index (κ3) is 7.73. The highest BCUT2D eigenvalue weighted by atomic mass is 28.4. The molecular weight excluding hydrogens is 587 g/mol. The van der Waals surface area contributed by atoms with Crippen molar-refractivity contribution in [2.45, 2.75) is 96.1 Å². The van der Waals surface area contributed by atoms with Gasteiger partial charge in [-0.15, -0.1) is 13.2 Å². The number of pyridine rings is 1. The number of carbonyl (C=O) groups excluding carboxylic acids is 1. The Kier molecular flexibility index (Phi) is 10.6. The van der Waals surface area contributed by atoms with Crippen LogP contribution in [0.3, 0.4) is 0 Å². The molecule has 1 fully saturated rings. The molecule has 0 aliphatic heterocycles. The molecule has 0 radical (unpaired) electrons. The van der Waals surface area contributed by atoms with Gasteiger partial charge in [-0.1, -0.05) is 53.7 Å². The lowest BCUT2D eigenvalue weighted by Crippen LogP contribution is -2.51. The van der Waals surface area contributed by atoms with Gasteiger partial charge in [0, 0.05) is 61.1 Å². The van der Waals surface area contributed by atoms with E-state index < -0.39 is 14.7 Å². The molecule has 240 valence electrons. The third-order valence-electron chi connectivity index (χ3n) is 8.86. The van der Waals surface area contributed by atoms with Gasteiger partial charge in [0.15, 0.2) is 5.78 Å². The summed E-state index contributed by atoms with van der Waals surface area (Å²) in [6, 6.07) is 9.25. The molecule has 11 heteroatoms. The number of ketones is 1. The smallest absolute Gasteiger partial charge is 0.413 e. The van der Waals surface area contributed by atoms with Crippen molar-refractivity contribution in [3.05, 3.63) is 77.9 Å². The van der Waals surface area contributed by atoms with Crippen LogP contribution < -0.4 is 10.1 Å². The summed E-state index contributed by atoms with van der Waals surface area (Å²) >= 11 is 0. The minimum Gasteiger partial charge on any atom is -0.413 e. The van der Waals surface area contributed by atoms with Crippen molar-refractivity contribution in [2.75, 3.05) is 11.9 Å². The summed E-state index contributed by atoms with van der Waals surface area (Å²) in [5.41, 5.74) is 3.42. The third-order valence-corrected chi connectivity index (χ3v) is 15.0. The molecule has 0 unspecified atom stereocenters. The Labute approximate surface area is 258 Å². The van der Waals surface area contributed by atoms with Crippen molar-refractivity contribution in [1.29, 1.82) is 0 Å². The first-order valence-electron chi connectivity index (χ1n) is 15.3. The van der Waals surface area contributed by atoms with Gasteiger partial charge in [-0.05, 0) is 59.3 Å². The van der Waals surface area contributed by atoms with E-state index in [4.69, 9.17) is 4.43 Å². The maximum Gasteiger partial charge on any atom is 0.573 e. The molecule has 1 aliphatic carbocycles. The lowest BCUT2D eigenvalue weighted by Gasteiger charge is -2.45. The second-order valence-electron chi connectivity index (χ2n) is 12.7. The number of rotatable bonds is 13. The van der Waals surface area contributed by atoms with Gasteiger partial charge in [0.1, 0.15) is 5.75 Å². The summed E-state index contributed by atoms with van der Waals surface area (Å²) in [5, 5.41) is 13.8. The number of aromatic nitrogens is 2. The lowest BCUT2D eigenvalue weighted by atomic mass is 10.1. The van der Waals surface area contributed by atoms with Crippen molar-refractivity contribution in [3.8, 4) is 5.75 Å². The Hall–Kier alpha value is -3.15. The Morgan fingerprint density at radius 3 is 2.43 bits per heavy atom. The van der Waals surface area contributed by atoms with Crippen LogP contribution in [-0.2, 0) is 11.0 Å². The molecule has 2 heterocycles. The fourth-order valence-corrected chi connectivity index (χ4v) is 12.6. The number of carbonyl (C=O) groups is 1. The lowest BCUT2D eigenvalue weighted by molar-refractivity contribution is -0.274. The van der Waals surface area contributed by atoms with Crippen molar-refractivity contribution in [3.63, 3.8) is 0 Å². The zero-order valence-electron chi connectivity index (χ0n) is 26.3. The van der Waals surface area contributed by atoms with E-state index in [-0.39, 0.29) is 42.7 Å². The molecule has 2 N–H and O–H groups in total. The van der Waals surface area contributed by atoms with Gasteiger partial charge >= 0.3 is 6.36 Å². The van der Waals surface area contributed by atoms with E-state index in [1.54, 1.807) is 47.6 Å². The van der Waals surface area contributed by atoms with Crippen LogP contribution in [0.15, 0.2) is 61.2 Å². The normalized spacial score (nSPS) is 19.2. The quantitative estimate of drug-likeness (QED) is 0.148. The highest BCUT2D eigenvalue weighted by molar-refractivity contribution is 6.77. The van der Waals surface area contributed by atoms with Gasteiger partial charge in [0.2, 0.25) is 8.32 Å². The first kappa shape index (κ1) is 33.7. The topological polar surface area (TPSA) is 85.6 Å². The highest BCUT2D eigenvalue weighted by Gasteiger charge is 2.49. The fourth-order valence-electron chi connectivity index (χ4n) is 7.01. The number of benzene rings is 1. The summed E-state index contributed by atoms with van der Waals surface area (Å²) < 4.78 is 50.7. The average molecular weight is 632 g/mol. The fraction of sp³-hybridized carbons (Fsp3) is 0.515. The number of anilines is 1. The molecule has 1 aliphatic rings. The number of ether oxygens (including phenoxy) is 1. The van der Waals surface area contributed by atoms with Crippen LogP contribution in [0.5, 0.6) is 5.75 Å². The van der Waals surface area contributed by atoms with Crippen LogP contribution in [0.1, 0.15) is 75.9 Å². The minimum absolute atomic E-state index is 0.00526. The van der Waals surface area contributed by atoms with E-state index in [2.05, 4.69) is 56.6 Å². The molecule has 0 bridgehead atoms. The minimum atomic E-state index is -4.77.